The number of benzene rings is 1. The molecule has 3 aromatic heterocycles. The molecule has 1 atom stereocenters. The predicted octanol–water partition coefficient (Wildman–Crippen LogP) is 2.28. The number of amides is 1. The van der Waals surface area contributed by atoms with Gasteiger partial charge >= 0.3 is 0 Å². The first-order valence-electron chi connectivity index (χ1n) is 13.2. The highest BCUT2D eigenvalue weighted by molar-refractivity contribution is 6.10. The van der Waals surface area contributed by atoms with E-state index >= 15 is 0 Å². The summed E-state index contributed by atoms with van der Waals surface area (Å²) in [4.78, 5) is 25.9. The number of nitrogen functional groups attached to an aromatic ring is 1. The van der Waals surface area contributed by atoms with Gasteiger partial charge in [0.25, 0.3) is 0 Å². The molecule has 1 amide bonds. The molecule has 0 aliphatic carbocycles. The summed E-state index contributed by atoms with van der Waals surface area (Å²) >= 11 is 0. The number of piperazine rings is 1. The molecule has 0 saturated carbocycles. The molecule has 4 heterocycles. The molecule has 1 fully saturated rings. The van der Waals surface area contributed by atoms with E-state index in [1.165, 1.54) is 6.20 Å². The van der Waals surface area contributed by atoms with Gasteiger partial charge in [0.15, 0.2) is 5.82 Å². The number of aliphatic hydroxyl groups excluding tert-OH is 1. The number of carbonyl (C=O) groups excluding carboxylic acids is 1. The first-order chi connectivity index (χ1) is 20.0. The van der Waals surface area contributed by atoms with Crippen LogP contribution in [0.15, 0.2) is 72.1 Å². The van der Waals surface area contributed by atoms with Gasteiger partial charge < -0.3 is 26.4 Å². The Hall–Kier alpha value is -5.21. The van der Waals surface area contributed by atoms with Crippen LogP contribution in [0.25, 0.3) is 22.2 Å². The number of anilines is 2. The van der Waals surface area contributed by atoms with Crippen molar-refractivity contribution in [2.75, 3.05) is 50.5 Å². The highest BCUT2D eigenvalue weighted by Gasteiger charge is 2.28. The van der Waals surface area contributed by atoms with E-state index in [9.17, 15) is 15.2 Å². The maximum Gasteiger partial charge on any atom is 0.232 e. The lowest BCUT2D eigenvalue weighted by molar-refractivity contribution is -0.134. The van der Waals surface area contributed by atoms with Crippen LogP contribution in [0.5, 0.6) is 0 Å². The molecular formula is C30H31N9O2. The topological polar surface area (TPSA) is 162 Å². The fourth-order valence-electron chi connectivity index (χ4n) is 5.16. The zero-order valence-corrected chi connectivity index (χ0v) is 22.7. The molecule has 0 radical (unpaired) electrons. The van der Waals surface area contributed by atoms with Crippen molar-refractivity contribution in [1.29, 1.82) is 5.26 Å². The van der Waals surface area contributed by atoms with Gasteiger partial charge in [-0.25, -0.2) is 9.50 Å². The predicted molar refractivity (Wildman–Crippen MR) is 159 cm³/mol. The van der Waals surface area contributed by atoms with Gasteiger partial charge in [-0.2, -0.15) is 5.26 Å². The van der Waals surface area contributed by atoms with Gasteiger partial charge in [-0.3, -0.25) is 9.79 Å². The van der Waals surface area contributed by atoms with Crippen LogP contribution in [0.4, 0.5) is 11.6 Å². The first-order valence-corrected chi connectivity index (χ1v) is 13.2. The molecule has 1 unspecified atom stereocenters. The van der Waals surface area contributed by atoms with E-state index in [2.05, 4.69) is 21.1 Å². The average molecular weight is 550 g/mol. The zero-order valence-electron chi connectivity index (χ0n) is 22.7. The summed E-state index contributed by atoms with van der Waals surface area (Å²) in [5.41, 5.74) is 16.6. The van der Waals surface area contributed by atoms with Crippen LogP contribution < -0.4 is 16.4 Å². The Labute approximate surface area is 237 Å². The molecule has 5 rings (SSSR count). The minimum atomic E-state index is -0.568. The lowest BCUT2D eigenvalue weighted by Crippen LogP contribution is -2.50. The number of allylic oxidation sites excluding steroid dienone is 1. The monoisotopic (exact) mass is 549 g/mol. The summed E-state index contributed by atoms with van der Waals surface area (Å²) in [5.74, 6) is 0.282. The fourth-order valence-corrected chi connectivity index (χ4v) is 5.16. The van der Waals surface area contributed by atoms with Crippen LogP contribution in [-0.2, 0) is 4.79 Å². The molecule has 11 heteroatoms. The minimum Gasteiger partial charge on any atom is -0.404 e. The molecule has 5 N–H and O–H groups in total. The molecule has 1 aromatic carbocycles. The summed E-state index contributed by atoms with van der Waals surface area (Å²) in [6, 6.07) is 17.3. The molecule has 1 aliphatic rings. The third-order valence-corrected chi connectivity index (χ3v) is 7.30. The molecule has 1 saturated heterocycles. The van der Waals surface area contributed by atoms with E-state index in [1.807, 2.05) is 48.5 Å². The Morgan fingerprint density at radius 2 is 1.95 bits per heavy atom. The third kappa shape index (κ3) is 5.33. The molecule has 0 spiro atoms. The molecule has 208 valence electrons. The van der Waals surface area contributed by atoms with E-state index in [-0.39, 0.29) is 23.9 Å². The van der Waals surface area contributed by atoms with E-state index in [0.717, 1.165) is 28.1 Å². The Morgan fingerprint density at radius 1 is 1.20 bits per heavy atom. The van der Waals surface area contributed by atoms with Crippen molar-refractivity contribution in [2.24, 2.45) is 10.7 Å². The molecule has 0 bridgehead atoms. The van der Waals surface area contributed by atoms with Gasteiger partial charge in [0, 0.05) is 80.3 Å². The van der Waals surface area contributed by atoms with E-state index in [0.29, 0.717) is 37.3 Å². The van der Waals surface area contributed by atoms with Crippen molar-refractivity contribution in [3.05, 3.63) is 83.8 Å². The number of rotatable bonds is 7. The highest BCUT2D eigenvalue weighted by Crippen LogP contribution is 2.32. The fraction of sp³-hybridized carbons (Fsp3) is 0.233. The van der Waals surface area contributed by atoms with Crippen molar-refractivity contribution in [2.45, 2.75) is 5.92 Å². The van der Waals surface area contributed by atoms with Crippen LogP contribution in [0.2, 0.25) is 0 Å². The van der Waals surface area contributed by atoms with E-state index in [4.69, 9.17) is 16.5 Å². The molecule has 11 nitrogen and oxygen atoms in total. The van der Waals surface area contributed by atoms with Gasteiger partial charge in [0.05, 0.1) is 18.0 Å². The Balaban J connectivity index is 1.38. The van der Waals surface area contributed by atoms with Gasteiger partial charge in [-0.15, -0.1) is 5.10 Å². The second-order valence-corrected chi connectivity index (χ2v) is 9.68. The quantitative estimate of drug-likeness (QED) is 0.296. The van der Waals surface area contributed by atoms with Crippen LogP contribution in [-0.4, -0.2) is 76.6 Å². The number of nitriles is 1. The number of nitrogens with two attached hydrogens (primary N) is 2. The van der Waals surface area contributed by atoms with Crippen molar-refractivity contribution in [3.63, 3.8) is 0 Å². The first kappa shape index (κ1) is 27.4. The maximum atomic E-state index is 13.1. The Kier molecular flexibility index (Phi) is 7.94. The van der Waals surface area contributed by atoms with Gasteiger partial charge in [0.2, 0.25) is 5.91 Å². The van der Waals surface area contributed by atoms with Crippen molar-refractivity contribution in [3.8, 4) is 17.2 Å². The van der Waals surface area contributed by atoms with Crippen LogP contribution in [0.3, 0.4) is 0 Å². The summed E-state index contributed by atoms with van der Waals surface area (Å²) in [5, 5.41) is 24.0. The maximum absolute atomic E-state index is 13.1. The molecule has 4 aromatic rings. The second kappa shape index (κ2) is 11.9. The van der Waals surface area contributed by atoms with Gasteiger partial charge in [-0.05, 0) is 23.8 Å². The minimum absolute atomic E-state index is 0.0713. The Bertz CT molecular complexity index is 1650. The number of aromatic nitrogens is 3. The standard InChI is InChI=1S/C30H31N9O2/c1-34-16-23(14-31)22-13-24(28-25(15-32)29(33)36-39(28)18-22)21-7-8-27(35-17-21)37-9-11-38(12-10-37)30(41)26(19-40)20-5-3-2-4-6-20/h2-8,13-14,16-18,26,40H,9-12,19,31H2,1H3,(H2,33,36). The van der Waals surface area contributed by atoms with Crippen LogP contribution >= 0.6 is 0 Å². The molecule has 1 aliphatic heterocycles. The number of nitrogens with zero attached hydrogens (tertiary/aromatic N) is 7. The van der Waals surface area contributed by atoms with E-state index in [1.54, 1.807) is 35.1 Å². The number of carbonyl (C=O) groups is 1. The lowest BCUT2D eigenvalue weighted by atomic mass is 9.98. The number of hydrogen-bond acceptors (Lipinski definition) is 9. The summed E-state index contributed by atoms with van der Waals surface area (Å²) in [6.45, 7) is 2.06. The highest BCUT2D eigenvalue weighted by atomic mass is 16.3. The van der Waals surface area contributed by atoms with Crippen molar-refractivity contribution < 1.29 is 9.90 Å². The van der Waals surface area contributed by atoms with Crippen LogP contribution in [0, 0.1) is 11.3 Å². The largest absolute Gasteiger partial charge is 0.404 e. The number of aliphatic imine (C=N–C) groups is 1. The number of aliphatic hydroxyl groups is 1. The van der Waals surface area contributed by atoms with Gasteiger partial charge in [0.1, 0.15) is 17.5 Å². The number of pyridine rings is 2. The van der Waals surface area contributed by atoms with E-state index < -0.39 is 5.92 Å². The summed E-state index contributed by atoms with van der Waals surface area (Å²) in [6.07, 6.45) is 6.63. The summed E-state index contributed by atoms with van der Waals surface area (Å²) < 4.78 is 1.59. The van der Waals surface area contributed by atoms with Gasteiger partial charge in [-0.1, -0.05) is 30.3 Å². The smallest absolute Gasteiger partial charge is 0.232 e. The normalized spacial score (nSPS) is 14.9. The van der Waals surface area contributed by atoms with Crippen LogP contribution in [0.1, 0.15) is 22.6 Å². The van der Waals surface area contributed by atoms with Crippen molar-refractivity contribution in [1.82, 2.24) is 19.5 Å². The SMILES string of the molecule is CN=CC(=CN)c1cc(-c2ccc(N3CCN(C(=O)C(CO)c4ccccc4)CC3)nc2)c2c(C#N)c(N)nn2c1. The third-order valence-electron chi connectivity index (χ3n) is 7.30. The number of hydrogen-bond donors (Lipinski definition) is 3. The molecule has 41 heavy (non-hydrogen) atoms. The zero-order chi connectivity index (χ0) is 28.9. The Morgan fingerprint density at radius 3 is 2.56 bits per heavy atom. The lowest BCUT2D eigenvalue weighted by Gasteiger charge is -2.37. The number of fused-ring (bicyclic) bond motifs is 1. The average Bonchev–Trinajstić information content (AvgIpc) is 3.35. The summed E-state index contributed by atoms with van der Waals surface area (Å²) in [7, 11) is 1.66. The van der Waals surface area contributed by atoms with Crippen molar-refractivity contribution >= 4 is 34.8 Å². The second-order valence-electron chi connectivity index (χ2n) is 9.68. The molecular weight excluding hydrogens is 518 g/mol.